The fourth-order valence-electron chi connectivity index (χ4n) is 10.3. The molecule has 0 bridgehead atoms. The van der Waals surface area contributed by atoms with Gasteiger partial charge in [0, 0.05) is 36.7 Å². The Labute approximate surface area is 428 Å². The first kappa shape index (κ1) is 51.4. The van der Waals surface area contributed by atoms with Gasteiger partial charge in [0.1, 0.15) is 59.1 Å². The van der Waals surface area contributed by atoms with Gasteiger partial charge in [-0.05, 0) is 145 Å². The van der Waals surface area contributed by atoms with Gasteiger partial charge in [0.25, 0.3) is 0 Å². The lowest BCUT2D eigenvalue weighted by Gasteiger charge is -2.24. The number of ether oxygens (including phenoxy) is 4. The van der Waals surface area contributed by atoms with Crippen molar-refractivity contribution in [3.63, 3.8) is 0 Å². The fraction of sp³-hybridized carbons (Fsp3) is 0.429. The van der Waals surface area contributed by atoms with Crippen LogP contribution in [-0.4, -0.2) is 76.3 Å². The Hall–Kier alpha value is -7.50. The number of carbonyl (C=O) groups is 2. The van der Waals surface area contributed by atoms with Crippen molar-refractivity contribution < 1.29 is 47.5 Å². The lowest BCUT2D eigenvalue weighted by atomic mass is 9.83. The zero-order chi connectivity index (χ0) is 52.3. The number of methoxy groups -OCH3 is 2. The average molecular weight is 1010 g/mol. The van der Waals surface area contributed by atoms with Crippen LogP contribution in [0.3, 0.4) is 0 Å². The summed E-state index contributed by atoms with van der Waals surface area (Å²) in [5.74, 6) is -0.0269. The molecule has 0 aliphatic heterocycles. The molecule has 0 radical (unpaired) electrons. The molecule has 2 saturated carbocycles. The topological polar surface area (TPSA) is 199 Å². The van der Waals surface area contributed by atoms with Crippen molar-refractivity contribution in [2.45, 2.75) is 117 Å². The molecule has 18 heteroatoms. The first-order valence-corrected chi connectivity index (χ1v) is 25.1. The third-order valence-corrected chi connectivity index (χ3v) is 14.7. The third-order valence-electron chi connectivity index (χ3n) is 14.7. The second-order valence-electron chi connectivity index (χ2n) is 20.8. The quantitative estimate of drug-likeness (QED) is 0.0732. The van der Waals surface area contributed by atoms with Gasteiger partial charge in [-0.3, -0.25) is 9.59 Å². The Kier molecular flexibility index (Phi) is 15.0. The first-order chi connectivity index (χ1) is 35.5. The first-order valence-electron chi connectivity index (χ1n) is 25.1. The third kappa shape index (κ3) is 11.5. The zero-order valence-corrected chi connectivity index (χ0v) is 42.6. The Morgan fingerprint density at radius 3 is 1.38 bits per heavy atom. The molecule has 2 fully saturated rings. The van der Waals surface area contributed by atoms with Crippen LogP contribution in [0.2, 0.25) is 0 Å². The molecule has 388 valence electrons. The maximum Gasteiger partial charge on any atom is 0.303 e. The van der Waals surface area contributed by atoms with E-state index in [2.05, 4.69) is 70.4 Å². The largest absolute Gasteiger partial charge is 0.497 e. The summed E-state index contributed by atoms with van der Waals surface area (Å²) in [4.78, 5) is 31.5. The molecule has 4 aromatic heterocycles. The Balaban J connectivity index is 0.000000182. The van der Waals surface area contributed by atoms with E-state index in [1.807, 2.05) is 24.3 Å². The summed E-state index contributed by atoms with van der Waals surface area (Å²) in [5, 5.41) is 36.1. The molecule has 0 saturated heterocycles. The van der Waals surface area contributed by atoms with Gasteiger partial charge >= 0.3 is 11.9 Å². The van der Waals surface area contributed by atoms with Crippen molar-refractivity contribution in [2.24, 2.45) is 22.7 Å². The molecule has 0 unspecified atom stereocenters. The lowest BCUT2D eigenvalue weighted by Crippen LogP contribution is -2.15. The maximum absolute atomic E-state index is 14.9. The lowest BCUT2D eigenvalue weighted by molar-refractivity contribution is -0.138. The van der Waals surface area contributed by atoms with Crippen molar-refractivity contribution >= 4 is 23.1 Å². The molecule has 10 rings (SSSR count). The zero-order valence-electron chi connectivity index (χ0n) is 42.6. The summed E-state index contributed by atoms with van der Waals surface area (Å²) in [7, 11) is 3.07. The SMILES string of the molecule is COc1ccc(F)c(-n2nnc(COc3cc([C@@H](CC(=O)O)C4CC4)ccn3)c2C2=CCCC2(C)C)c1.COc1ccc(F)c(-n2nnc(COc3cc([C@H](CC(=O)O)C4CC4)ccn3)c2C2=CCCC2(C)C)c1. The number of carboxylic acid groups (broad SMARTS) is 2. The van der Waals surface area contributed by atoms with Crippen LogP contribution in [0.15, 0.2) is 85.2 Å². The van der Waals surface area contributed by atoms with Crippen molar-refractivity contribution in [1.29, 1.82) is 0 Å². The van der Waals surface area contributed by atoms with E-state index >= 15 is 0 Å². The molecule has 0 spiro atoms. The number of aliphatic carboxylic acids is 2. The van der Waals surface area contributed by atoms with Gasteiger partial charge < -0.3 is 29.2 Å². The smallest absolute Gasteiger partial charge is 0.303 e. The second-order valence-corrected chi connectivity index (χ2v) is 20.8. The highest BCUT2D eigenvalue weighted by molar-refractivity contribution is 5.73. The van der Waals surface area contributed by atoms with E-state index in [1.165, 1.54) is 35.7 Å². The van der Waals surface area contributed by atoms with Gasteiger partial charge in [0.05, 0.1) is 38.4 Å². The second kappa shape index (κ2) is 21.5. The molecule has 2 atom stereocenters. The number of nitrogens with zero attached hydrogens (tertiary/aromatic N) is 8. The minimum atomic E-state index is -0.810. The van der Waals surface area contributed by atoms with Crippen molar-refractivity contribution in [3.8, 4) is 34.6 Å². The predicted octanol–water partition coefficient (Wildman–Crippen LogP) is 11.1. The van der Waals surface area contributed by atoms with Gasteiger partial charge in [-0.15, -0.1) is 10.2 Å². The molecule has 2 aromatic carbocycles. The summed E-state index contributed by atoms with van der Waals surface area (Å²) in [6.07, 6.45) is 15.7. The standard InChI is InChI=1S/2C28H31FN4O4/c2*1-28(2)11-4-5-21(28)27-23(31-32-33(27)24-14-19(36-3)8-9-22(24)29)16-37-25-13-18(10-12-30-25)20(15-26(34)35)17-6-7-17/h2*5,8-10,12-14,17,20H,4,6-7,11,15-16H2,1-3H3,(H,34,35)/t2*20-/m10/s1. The normalized spacial score (nSPS) is 17.4. The fourth-order valence-corrected chi connectivity index (χ4v) is 10.3. The molecule has 4 heterocycles. The summed E-state index contributed by atoms with van der Waals surface area (Å²) in [5.41, 5.74) is 6.65. The highest BCUT2D eigenvalue weighted by Gasteiger charge is 2.38. The van der Waals surface area contributed by atoms with Crippen molar-refractivity contribution in [2.75, 3.05) is 14.2 Å². The number of aromatic nitrogens is 8. The van der Waals surface area contributed by atoms with E-state index in [0.29, 0.717) is 57.9 Å². The summed E-state index contributed by atoms with van der Waals surface area (Å²) in [6, 6.07) is 16.4. The summed E-state index contributed by atoms with van der Waals surface area (Å²) >= 11 is 0. The molecule has 16 nitrogen and oxygen atoms in total. The van der Waals surface area contributed by atoms with E-state index in [4.69, 9.17) is 18.9 Å². The Bertz CT molecular complexity index is 2900. The number of benzene rings is 2. The van der Waals surface area contributed by atoms with E-state index in [-0.39, 0.29) is 60.1 Å². The molecule has 2 N–H and O–H groups in total. The molecule has 4 aliphatic rings. The highest BCUT2D eigenvalue weighted by Crippen LogP contribution is 2.49. The molecular formula is C56H62F2N8O8. The number of pyridine rings is 2. The van der Waals surface area contributed by atoms with E-state index in [9.17, 15) is 28.6 Å². The summed E-state index contributed by atoms with van der Waals surface area (Å²) in [6.45, 7) is 8.78. The van der Waals surface area contributed by atoms with E-state index < -0.39 is 23.6 Å². The van der Waals surface area contributed by atoms with E-state index in [1.54, 1.807) is 36.7 Å². The highest BCUT2D eigenvalue weighted by atomic mass is 19.1. The van der Waals surface area contributed by atoms with Gasteiger partial charge in [-0.1, -0.05) is 50.3 Å². The van der Waals surface area contributed by atoms with Crippen molar-refractivity contribution in [3.05, 3.63) is 131 Å². The number of halogens is 2. The van der Waals surface area contributed by atoms with Crippen LogP contribution < -0.4 is 18.9 Å². The number of rotatable bonds is 20. The molecule has 6 aromatic rings. The van der Waals surface area contributed by atoms with Crippen LogP contribution in [0.5, 0.6) is 23.3 Å². The monoisotopic (exact) mass is 1010 g/mol. The van der Waals surface area contributed by atoms with Gasteiger partial charge in [-0.2, -0.15) is 0 Å². The van der Waals surface area contributed by atoms with Gasteiger partial charge in [-0.25, -0.2) is 28.1 Å². The minimum absolute atomic E-state index is 0.0558. The number of hydrogen-bond donors (Lipinski definition) is 2. The molecule has 4 aliphatic carbocycles. The Morgan fingerprint density at radius 2 is 1.04 bits per heavy atom. The number of carboxylic acids is 2. The minimum Gasteiger partial charge on any atom is -0.497 e. The van der Waals surface area contributed by atoms with Crippen LogP contribution in [0.1, 0.15) is 138 Å². The maximum atomic E-state index is 14.9. The van der Waals surface area contributed by atoms with Crippen LogP contribution in [0.4, 0.5) is 8.78 Å². The average Bonchev–Trinajstić information content (AvgIpc) is 4.26. The number of allylic oxidation sites excluding steroid dienone is 4. The van der Waals surface area contributed by atoms with E-state index in [0.717, 1.165) is 73.6 Å². The summed E-state index contributed by atoms with van der Waals surface area (Å²) < 4.78 is 55.7. The number of hydrogen-bond acceptors (Lipinski definition) is 12. The van der Waals surface area contributed by atoms with Crippen LogP contribution in [0, 0.1) is 34.3 Å². The van der Waals surface area contributed by atoms with Crippen LogP contribution in [0.25, 0.3) is 22.5 Å². The molecule has 0 amide bonds. The van der Waals surface area contributed by atoms with Crippen LogP contribution in [-0.2, 0) is 22.8 Å². The molecule has 74 heavy (non-hydrogen) atoms. The predicted molar refractivity (Wildman–Crippen MR) is 270 cm³/mol. The van der Waals surface area contributed by atoms with Gasteiger partial charge in [0.15, 0.2) is 0 Å². The molecular weight excluding hydrogens is 951 g/mol. The Morgan fingerprint density at radius 1 is 0.635 bits per heavy atom. The van der Waals surface area contributed by atoms with Gasteiger partial charge in [0.2, 0.25) is 11.8 Å². The van der Waals surface area contributed by atoms with Crippen LogP contribution >= 0.6 is 0 Å². The van der Waals surface area contributed by atoms with Crippen molar-refractivity contribution in [1.82, 2.24) is 40.0 Å².